The van der Waals surface area contributed by atoms with Crippen molar-refractivity contribution in [1.29, 1.82) is 0 Å². The molecule has 13 heteroatoms. The van der Waals surface area contributed by atoms with Crippen LogP contribution in [0.2, 0.25) is 0 Å². The van der Waals surface area contributed by atoms with Crippen LogP contribution < -0.4 is 15.1 Å². The maximum Gasteiger partial charge on any atom is 0.246 e. The molecule has 0 radical (unpaired) electrons. The van der Waals surface area contributed by atoms with Gasteiger partial charge in [0.25, 0.3) is 0 Å². The van der Waals surface area contributed by atoms with Crippen molar-refractivity contribution in [3.63, 3.8) is 0 Å². The number of nitrogens with one attached hydrogen (secondary N) is 1. The third-order valence-electron chi connectivity index (χ3n) is 9.16. The van der Waals surface area contributed by atoms with Crippen molar-refractivity contribution >= 4 is 49.8 Å². The Morgan fingerprint density at radius 2 is 1.98 bits per heavy atom. The molecule has 5 heterocycles. The van der Waals surface area contributed by atoms with Gasteiger partial charge < -0.3 is 24.8 Å². The summed E-state index contributed by atoms with van der Waals surface area (Å²) in [7, 11) is -1.52. The topological polar surface area (TPSA) is 121 Å². The Labute approximate surface area is 263 Å². The molecule has 3 aromatic rings. The van der Waals surface area contributed by atoms with Crippen LogP contribution in [-0.4, -0.2) is 97.8 Å². The summed E-state index contributed by atoms with van der Waals surface area (Å²) in [5.41, 5.74) is 2.00. The van der Waals surface area contributed by atoms with Crippen LogP contribution in [0.3, 0.4) is 0 Å². The lowest BCUT2D eigenvalue weighted by atomic mass is 9.94. The molecule has 1 aromatic carbocycles. The number of hydrogen-bond donors (Lipinski definition) is 1. The molecule has 3 aliphatic heterocycles. The fourth-order valence-electron chi connectivity index (χ4n) is 6.96. The van der Waals surface area contributed by atoms with Crippen LogP contribution >= 0.6 is 0 Å². The standard InChI is InChI=1S/C32H40FN7O4S/c1-5-31(41)39-12-6-7-27(39)22-8-9-26(38-16-21(17-38)19-45(4,42)43)24-15-35-30(14-23(22)24)36-29-10-11-34-32(37-29)40-18-25(33)28(44-3)13-20(40)2/h5,8-11,14-15,20-21,25,27-28H,1,6-7,12-13,16-19H2,2-4H3,(H,34,35,36,37)/t20-,25-,27+,28+/m1/s1. The first kappa shape index (κ1) is 31.2. The summed E-state index contributed by atoms with van der Waals surface area (Å²) in [6.07, 6.45) is 6.78. The van der Waals surface area contributed by atoms with Gasteiger partial charge in [-0.25, -0.2) is 22.8 Å². The van der Waals surface area contributed by atoms with Gasteiger partial charge in [-0.05, 0) is 61.4 Å². The number of sulfone groups is 1. The van der Waals surface area contributed by atoms with Crippen LogP contribution in [0.25, 0.3) is 10.8 Å². The predicted octanol–water partition coefficient (Wildman–Crippen LogP) is 4.05. The van der Waals surface area contributed by atoms with Gasteiger partial charge >= 0.3 is 0 Å². The molecule has 3 aliphatic rings. The van der Waals surface area contributed by atoms with Crippen molar-refractivity contribution in [1.82, 2.24) is 19.9 Å². The fraction of sp³-hybridized carbons (Fsp3) is 0.500. The Hall–Kier alpha value is -3.84. The van der Waals surface area contributed by atoms with E-state index in [9.17, 15) is 17.6 Å². The van der Waals surface area contributed by atoms with Crippen molar-refractivity contribution in [2.24, 2.45) is 5.92 Å². The monoisotopic (exact) mass is 637 g/mol. The predicted molar refractivity (Wildman–Crippen MR) is 173 cm³/mol. The molecule has 45 heavy (non-hydrogen) atoms. The van der Waals surface area contributed by atoms with Gasteiger partial charge in [0.1, 0.15) is 27.6 Å². The maximum atomic E-state index is 14.7. The number of benzene rings is 1. The number of halogens is 1. The van der Waals surface area contributed by atoms with E-state index < -0.39 is 22.1 Å². The SMILES string of the molecule is C=CC(=O)N1CCC[C@H]1c1ccc(N2CC(CS(C)(=O)=O)C2)c2cnc(Nc3ccnc(N4C[C@@H](F)[C@@H](OC)C[C@H]4C)n3)cc12. The number of carbonyl (C=O) groups is 1. The van der Waals surface area contributed by atoms with Crippen molar-refractivity contribution in [3.8, 4) is 0 Å². The van der Waals surface area contributed by atoms with E-state index in [2.05, 4.69) is 33.9 Å². The molecule has 1 amide bonds. The van der Waals surface area contributed by atoms with Gasteiger partial charge in [-0.3, -0.25) is 4.79 Å². The molecule has 11 nitrogen and oxygen atoms in total. The minimum absolute atomic E-state index is 0.00291. The molecule has 2 aromatic heterocycles. The summed E-state index contributed by atoms with van der Waals surface area (Å²) in [5, 5.41) is 5.19. The summed E-state index contributed by atoms with van der Waals surface area (Å²) >= 11 is 0. The van der Waals surface area contributed by atoms with E-state index in [-0.39, 0.29) is 36.2 Å². The number of pyridine rings is 1. The average Bonchev–Trinajstić information content (AvgIpc) is 3.48. The summed E-state index contributed by atoms with van der Waals surface area (Å²) < 4.78 is 43.7. The van der Waals surface area contributed by atoms with Crippen molar-refractivity contribution in [2.75, 3.05) is 60.4 Å². The number of piperidine rings is 1. The molecule has 0 bridgehead atoms. The zero-order valence-corrected chi connectivity index (χ0v) is 26.7. The molecule has 3 saturated heterocycles. The first-order valence-corrected chi connectivity index (χ1v) is 17.4. The maximum absolute atomic E-state index is 14.7. The van der Waals surface area contributed by atoms with Gasteiger partial charge in [0.15, 0.2) is 0 Å². The van der Waals surface area contributed by atoms with Crippen LogP contribution in [0.5, 0.6) is 0 Å². The number of rotatable bonds is 9. The van der Waals surface area contributed by atoms with E-state index in [0.29, 0.717) is 43.6 Å². The van der Waals surface area contributed by atoms with Crippen molar-refractivity contribution in [3.05, 3.63) is 54.9 Å². The number of nitrogens with zero attached hydrogens (tertiary/aromatic N) is 6. The molecule has 6 rings (SSSR count). The van der Waals surface area contributed by atoms with Gasteiger partial charge in [-0.15, -0.1) is 0 Å². The summed E-state index contributed by atoms with van der Waals surface area (Å²) in [4.78, 5) is 32.5. The first-order chi connectivity index (χ1) is 21.5. The second-order valence-corrected chi connectivity index (χ2v) is 14.6. The Morgan fingerprint density at radius 1 is 1.18 bits per heavy atom. The summed E-state index contributed by atoms with van der Waals surface area (Å²) in [5.74, 6) is 1.68. The normalized spacial score (nSPS) is 24.1. The number of methoxy groups -OCH3 is 1. The third-order valence-corrected chi connectivity index (χ3v) is 10.2. The van der Waals surface area contributed by atoms with E-state index in [0.717, 1.165) is 34.9 Å². The van der Waals surface area contributed by atoms with Crippen LogP contribution in [0.1, 0.15) is 37.8 Å². The quantitative estimate of drug-likeness (QED) is 0.344. The van der Waals surface area contributed by atoms with Crippen LogP contribution in [0.4, 0.5) is 27.7 Å². The van der Waals surface area contributed by atoms with Crippen LogP contribution in [0.15, 0.2) is 49.3 Å². The third kappa shape index (κ3) is 6.46. The lowest BCUT2D eigenvalue weighted by Gasteiger charge is -2.41. The Bertz CT molecular complexity index is 1700. The summed E-state index contributed by atoms with van der Waals surface area (Å²) in [6, 6.07) is 7.75. The molecule has 4 atom stereocenters. The number of fused-ring (bicyclic) bond motifs is 1. The van der Waals surface area contributed by atoms with E-state index >= 15 is 0 Å². The number of hydrogen-bond acceptors (Lipinski definition) is 10. The summed E-state index contributed by atoms with van der Waals surface area (Å²) in [6.45, 7) is 7.82. The van der Waals surface area contributed by atoms with E-state index in [1.165, 1.54) is 19.4 Å². The molecule has 0 unspecified atom stereocenters. The number of anilines is 4. The molecule has 1 N–H and O–H groups in total. The minimum Gasteiger partial charge on any atom is -0.378 e. The highest BCUT2D eigenvalue weighted by Crippen LogP contribution is 2.41. The number of carbonyl (C=O) groups excluding carboxylic acids is 1. The Kier molecular flexibility index (Phi) is 8.66. The molecular formula is C32H40FN7O4S. The van der Waals surface area contributed by atoms with Crippen molar-refractivity contribution in [2.45, 2.75) is 50.5 Å². The van der Waals surface area contributed by atoms with Crippen molar-refractivity contribution < 1.29 is 22.3 Å². The van der Waals surface area contributed by atoms with E-state index in [1.54, 1.807) is 12.3 Å². The highest BCUT2D eigenvalue weighted by Gasteiger charge is 2.36. The smallest absolute Gasteiger partial charge is 0.246 e. The molecule has 0 saturated carbocycles. The second-order valence-electron chi connectivity index (χ2n) is 12.4. The van der Waals surface area contributed by atoms with E-state index in [1.807, 2.05) is 29.0 Å². The number of ether oxygens (including phenoxy) is 1. The molecule has 240 valence electrons. The largest absolute Gasteiger partial charge is 0.378 e. The Balaban J connectivity index is 1.32. The molecule has 0 aliphatic carbocycles. The molecular weight excluding hydrogens is 597 g/mol. The van der Waals surface area contributed by atoms with Gasteiger partial charge in [0.2, 0.25) is 11.9 Å². The minimum atomic E-state index is -3.05. The van der Waals surface area contributed by atoms with E-state index in [4.69, 9.17) is 14.7 Å². The lowest BCUT2D eigenvalue weighted by Crippen LogP contribution is -2.51. The lowest BCUT2D eigenvalue weighted by molar-refractivity contribution is -0.126. The highest BCUT2D eigenvalue weighted by atomic mass is 32.2. The van der Waals surface area contributed by atoms with Crippen LogP contribution in [0, 0.1) is 5.92 Å². The highest BCUT2D eigenvalue weighted by molar-refractivity contribution is 7.90. The number of aromatic nitrogens is 3. The van der Waals surface area contributed by atoms with Gasteiger partial charge in [0, 0.05) is 68.4 Å². The Morgan fingerprint density at radius 3 is 2.71 bits per heavy atom. The molecule has 3 fully saturated rings. The second kappa shape index (κ2) is 12.5. The molecule has 0 spiro atoms. The fourth-order valence-corrected chi connectivity index (χ4v) is 8.03. The van der Waals surface area contributed by atoms with Gasteiger partial charge in [0.05, 0.1) is 24.4 Å². The van der Waals surface area contributed by atoms with Gasteiger partial charge in [-0.2, -0.15) is 4.98 Å². The number of alkyl halides is 1. The first-order valence-electron chi connectivity index (χ1n) is 15.4. The van der Waals surface area contributed by atoms with Gasteiger partial charge in [-0.1, -0.05) is 12.6 Å². The van der Waals surface area contributed by atoms with Crippen LogP contribution in [-0.2, 0) is 19.4 Å². The number of amides is 1. The average molecular weight is 638 g/mol. The zero-order chi connectivity index (χ0) is 31.9. The number of likely N-dealkylation sites (tertiary alicyclic amines) is 1. The zero-order valence-electron chi connectivity index (χ0n) is 25.9.